The monoisotopic (exact) mass is 362 g/mol. The van der Waals surface area contributed by atoms with Crippen LogP contribution in [0.1, 0.15) is 11.6 Å². The summed E-state index contributed by atoms with van der Waals surface area (Å²) in [6, 6.07) is 4.65. The molecule has 9 heteroatoms. The van der Waals surface area contributed by atoms with Gasteiger partial charge >= 0.3 is 6.03 Å². The van der Waals surface area contributed by atoms with Gasteiger partial charge < -0.3 is 20.7 Å². The quantitative estimate of drug-likeness (QED) is 0.773. The summed E-state index contributed by atoms with van der Waals surface area (Å²) in [5, 5.41) is 7.57. The van der Waals surface area contributed by atoms with Crippen molar-refractivity contribution >= 4 is 17.6 Å². The molecule has 1 aromatic heterocycles. The molecule has 0 spiro atoms. The SMILES string of the molecule is COc1cnc(C2CNC(=O)C2NC(=O)Nc2ccc(F)cc2)c(F)c1. The van der Waals surface area contributed by atoms with Gasteiger partial charge in [0.1, 0.15) is 23.4 Å². The number of pyridine rings is 1. The summed E-state index contributed by atoms with van der Waals surface area (Å²) in [4.78, 5) is 28.2. The Morgan fingerprint density at radius 1 is 1.31 bits per heavy atom. The Balaban J connectivity index is 1.73. The van der Waals surface area contributed by atoms with Crippen molar-refractivity contribution in [3.05, 3.63) is 53.9 Å². The Hall–Kier alpha value is -3.23. The van der Waals surface area contributed by atoms with E-state index in [2.05, 4.69) is 20.9 Å². The topological polar surface area (TPSA) is 92.3 Å². The molecule has 2 heterocycles. The number of rotatable bonds is 4. The van der Waals surface area contributed by atoms with Crippen LogP contribution in [0, 0.1) is 11.6 Å². The summed E-state index contributed by atoms with van der Waals surface area (Å²) in [6.45, 7) is 0.135. The molecule has 1 aromatic carbocycles. The zero-order valence-electron chi connectivity index (χ0n) is 13.8. The van der Waals surface area contributed by atoms with Crippen molar-refractivity contribution < 1.29 is 23.1 Å². The molecule has 1 saturated heterocycles. The maximum Gasteiger partial charge on any atom is 0.319 e. The van der Waals surface area contributed by atoms with E-state index in [0.717, 1.165) is 0 Å². The largest absolute Gasteiger partial charge is 0.495 e. The summed E-state index contributed by atoms with van der Waals surface area (Å²) in [5.74, 6) is -1.93. The fourth-order valence-corrected chi connectivity index (χ4v) is 2.70. The highest BCUT2D eigenvalue weighted by molar-refractivity contribution is 5.95. The van der Waals surface area contributed by atoms with Crippen molar-refractivity contribution in [2.75, 3.05) is 19.0 Å². The third-order valence-corrected chi connectivity index (χ3v) is 4.00. The van der Waals surface area contributed by atoms with E-state index < -0.39 is 35.5 Å². The predicted octanol–water partition coefficient (Wildman–Crippen LogP) is 1.77. The minimum Gasteiger partial charge on any atom is -0.495 e. The Morgan fingerprint density at radius 2 is 2.04 bits per heavy atom. The first-order valence-corrected chi connectivity index (χ1v) is 7.78. The first-order valence-electron chi connectivity index (χ1n) is 7.78. The molecule has 1 aliphatic heterocycles. The molecule has 0 aliphatic carbocycles. The molecule has 0 radical (unpaired) electrons. The molecule has 2 atom stereocenters. The van der Waals surface area contributed by atoms with Crippen LogP contribution in [0.5, 0.6) is 5.75 Å². The van der Waals surface area contributed by atoms with Crippen molar-refractivity contribution in [3.8, 4) is 5.75 Å². The van der Waals surface area contributed by atoms with Crippen LogP contribution in [0.15, 0.2) is 36.5 Å². The minimum absolute atomic E-state index is 0.0521. The number of nitrogens with zero attached hydrogens (tertiary/aromatic N) is 1. The second-order valence-electron chi connectivity index (χ2n) is 5.68. The van der Waals surface area contributed by atoms with Crippen LogP contribution in [-0.2, 0) is 4.79 Å². The van der Waals surface area contributed by atoms with Gasteiger partial charge in [0.15, 0.2) is 0 Å². The predicted molar refractivity (Wildman–Crippen MR) is 88.8 cm³/mol. The summed E-state index contributed by atoms with van der Waals surface area (Å²) < 4.78 is 32.1. The molecule has 26 heavy (non-hydrogen) atoms. The van der Waals surface area contributed by atoms with Crippen LogP contribution in [0.3, 0.4) is 0 Å². The fourth-order valence-electron chi connectivity index (χ4n) is 2.70. The molecule has 3 N–H and O–H groups in total. The standard InChI is InChI=1S/C17H16F2N4O3/c1-26-11-6-13(19)14(20-7-11)12-8-21-16(24)15(12)23-17(25)22-10-4-2-9(18)3-5-10/h2-7,12,15H,8H2,1H3,(H,21,24)(H2,22,23,25). The van der Waals surface area contributed by atoms with Crippen molar-refractivity contribution in [3.63, 3.8) is 0 Å². The Bertz CT molecular complexity index is 829. The number of urea groups is 1. The van der Waals surface area contributed by atoms with E-state index in [-0.39, 0.29) is 18.0 Å². The molecule has 3 rings (SSSR count). The number of anilines is 1. The number of methoxy groups -OCH3 is 1. The van der Waals surface area contributed by atoms with Gasteiger partial charge in [0.2, 0.25) is 5.91 Å². The molecule has 2 aromatic rings. The van der Waals surface area contributed by atoms with Gasteiger partial charge in [0.25, 0.3) is 0 Å². The lowest BCUT2D eigenvalue weighted by atomic mass is 9.98. The van der Waals surface area contributed by atoms with Gasteiger partial charge in [-0.15, -0.1) is 0 Å². The van der Waals surface area contributed by atoms with Gasteiger partial charge in [-0.05, 0) is 24.3 Å². The molecule has 7 nitrogen and oxygen atoms in total. The highest BCUT2D eigenvalue weighted by atomic mass is 19.1. The number of ether oxygens (including phenoxy) is 1. The average Bonchev–Trinajstić information content (AvgIpc) is 2.97. The van der Waals surface area contributed by atoms with Crippen LogP contribution >= 0.6 is 0 Å². The van der Waals surface area contributed by atoms with E-state index in [1.165, 1.54) is 43.6 Å². The highest BCUT2D eigenvalue weighted by Crippen LogP contribution is 2.26. The highest BCUT2D eigenvalue weighted by Gasteiger charge is 2.39. The molecular formula is C17H16F2N4O3. The molecule has 136 valence electrons. The fraction of sp³-hybridized carbons (Fsp3) is 0.235. The number of halogens is 2. The molecule has 2 unspecified atom stereocenters. The van der Waals surface area contributed by atoms with Gasteiger partial charge in [-0.25, -0.2) is 13.6 Å². The number of carbonyl (C=O) groups excluding carboxylic acids is 2. The lowest BCUT2D eigenvalue weighted by Crippen LogP contribution is -2.45. The zero-order valence-corrected chi connectivity index (χ0v) is 13.8. The molecular weight excluding hydrogens is 346 g/mol. The summed E-state index contributed by atoms with van der Waals surface area (Å²) >= 11 is 0. The van der Waals surface area contributed by atoms with Gasteiger partial charge in [-0.1, -0.05) is 0 Å². The molecule has 3 amide bonds. The van der Waals surface area contributed by atoms with Crippen LogP contribution in [0.25, 0.3) is 0 Å². The van der Waals surface area contributed by atoms with Gasteiger partial charge in [-0.3, -0.25) is 9.78 Å². The molecule has 0 saturated carbocycles. The van der Waals surface area contributed by atoms with Crippen molar-refractivity contribution in [1.82, 2.24) is 15.6 Å². The van der Waals surface area contributed by atoms with Gasteiger partial charge in [0, 0.05) is 18.3 Å². The van der Waals surface area contributed by atoms with E-state index in [4.69, 9.17) is 4.74 Å². The molecule has 0 bridgehead atoms. The van der Waals surface area contributed by atoms with Crippen molar-refractivity contribution in [2.24, 2.45) is 0 Å². The van der Waals surface area contributed by atoms with Crippen LogP contribution < -0.4 is 20.7 Å². The lowest BCUT2D eigenvalue weighted by Gasteiger charge is -2.19. The molecule has 1 aliphatic rings. The third kappa shape index (κ3) is 3.71. The van der Waals surface area contributed by atoms with Crippen LogP contribution in [0.2, 0.25) is 0 Å². The summed E-state index contributed by atoms with van der Waals surface area (Å²) in [7, 11) is 1.39. The summed E-state index contributed by atoms with van der Waals surface area (Å²) in [5.41, 5.74) is 0.406. The first-order chi connectivity index (χ1) is 12.5. The smallest absolute Gasteiger partial charge is 0.319 e. The third-order valence-electron chi connectivity index (χ3n) is 4.00. The van der Waals surface area contributed by atoms with E-state index in [9.17, 15) is 18.4 Å². The van der Waals surface area contributed by atoms with E-state index in [1.807, 2.05) is 0 Å². The number of aromatic nitrogens is 1. The van der Waals surface area contributed by atoms with Crippen LogP contribution in [0.4, 0.5) is 19.3 Å². The van der Waals surface area contributed by atoms with Crippen molar-refractivity contribution in [1.29, 1.82) is 0 Å². The normalized spacial score (nSPS) is 19.0. The van der Waals surface area contributed by atoms with Crippen molar-refractivity contribution in [2.45, 2.75) is 12.0 Å². The maximum atomic E-state index is 14.3. The number of amides is 3. The average molecular weight is 362 g/mol. The lowest BCUT2D eigenvalue weighted by molar-refractivity contribution is -0.120. The number of carbonyl (C=O) groups is 2. The number of hydrogen-bond acceptors (Lipinski definition) is 4. The number of nitrogens with one attached hydrogen (secondary N) is 3. The van der Waals surface area contributed by atoms with E-state index in [0.29, 0.717) is 5.69 Å². The van der Waals surface area contributed by atoms with Crippen LogP contribution in [-0.4, -0.2) is 36.6 Å². The Kier molecular flexibility index (Phi) is 4.97. The second kappa shape index (κ2) is 7.34. The minimum atomic E-state index is -0.995. The summed E-state index contributed by atoms with van der Waals surface area (Å²) in [6.07, 6.45) is 1.34. The second-order valence-corrected chi connectivity index (χ2v) is 5.68. The van der Waals surface area contributed by atoms with Gasteiger partial charge in [0.05, 0.1) is 24.9 Å². The number of benzene rings is 1. The van der Waals surface area contributed by atoms with E-state index >= 15 is 0 Å². The molecule has 1 fully saturated rings. The zero-order chi connectivity index (χ0) is 18.7. The van der Waals surface area contributed by atoms with E-state index in [1.54, 1.807) is 0 Å². The number of hydrogen-bond donors (Lipinski definition) is 3. The Labute approximate surface area is 147 Å². The first kappa shape index (κ1) is 17.6. The van der Waals surface area contributed by atoms with Gasteiger partial charge in [-0.2, -0.15) is 0 Å². The maximum absolute atomic E-state index is 14.3. The Morgan fingerprint density at radius 3 is 2.69 bits per heavy atom.